The molecule has 2 aromatic rings. The molecule has 0 saturated heterocycles. The SMILES string of the molecule is CCOc1ccc(Br)cc1/C=C/C(=O)NCc1ccc2c(c1)OCO2. The standard InChI is InChI=1S/C19H18BrNO4/c1-2-23-16-7-5-15(20)10-14(16)4-8-19(22)21-11-13-3-6-17-18(9-13)25-12-24-17/h3-10H,2,11-12H2,1H3,(H,21,22)/b8-4+. The maximum absolute atomic E-state index is 12.1. The Labute approximate surface area is 154 Å². The van der Waals surface area contributed by atoms with Gasteiger partial charge in [0, 0.05) is 22.7 Å². The van der Waals surface area contributed by atoms with Crippen LogP contribution in [-0.4, -0.2) is 19.3 Å². The predicted octanol–water partition coefficient (Wildman–Crippen LogP) is 3.91. The molecule has 6 heteroatoms. The van der Waals surface area contributed by atoms with Crippen molar-refractivity contribution in [1.29, 1.82) is 0 Å². The molecule has 1 amide bonds. The number of rotatable bonds is 6. The first kappa shape index (κ1) is 17.4. The molecule has 0 fully saturated rings. The van der Waals surface area contributed by atoms with Crippen molar-refractivity contribution in [2.75, 3.05) is 13.4 Å². The first-order valence-electron chi connectivity index (χ1n) is 7.92. The van der Waals surface area contributed by atoms with E-state index in [1.807, 2.05) is 43.3 Å². The van der Waals surface area contributed by atoms with Gasteiger partial charge in [-0.25, -0.2) is 0 Å². The van der Waals surface area contributed by atoms with Crippen LogP contribution in [0.3, 0.4) is 0 Å². The van der Waals surface area contributed by atoms with Crippen molar-refractivity contribution in [2.45, 2.75) is 13.5 Å². The largest absolute Gasteiger partial charge is 0.493 e. The summed E-state index contributed by atoms with van der Waals surface area (Å²) in [6.45, 7) is 3.14. The second kappa shape index (κ2) is 8.07. The molecule has 3 rings (SSSR count). The van der Waals surface area contributed by atoms with Gasteiger partial charge in [-0.3, -0.25) is 4.79 Å². The minimum absolute atomic E-state index is 0.180. The first-order chi connectivity index (χ1) is 12.2. The number of benzene rings is 2. The number of carbonyl (C=O) groups is 1. The molecule has 5 nitrogen and oxygen atoms in total. The Morgan fingerprint density at radius 1 is 1.24 bits per heavy atom. The predicted molar refractivity (Wildman–Crippen MR) is 98.8 cm³/mol. The highest BCUT2D eigenvalue weighted by atomic mass is 79.9. The van der Waals surface area contributed by atoms with Crippen molar-refractivity contribution >= 4 is 27.9 Å². The Kier molecular flexibility index (Phi) is 5.60. The van der Waals surface area contributed by atoms with Crippen molar-refractivity contribution in [2.24, 2.45) is 0 Å². The fourth-order valence-corrected chi connectivity index (χ4v) is 2.78. The summed E-state index contributed by atoms with van der Waals surface area (Å²) in [6.07, 6.45) is 3.24. The van der Waals surface area contributed by atoms with Gasteiger partial charge in [-0.1, -0.05) is 22.0 Å². The molecule has 0 aromatic heterocycles. The van der Waals surface area contributed by atoms with Crippen LogP contribution in [0, 0.1) is 0 Å². The maximum Gasteiger partial charge on any atom is 0.244 e. The molecule has 0 spiro atoms. The molecular formula is C19H18BrNO4. The van der Waals surface area contributed by atoms with E-state index in [4.69, 9.17) is 14.2 Å². The van der Waals surface area contributed by atoms with E-state index in [9.17, 15) is 4.79 Å². The second-order valence-corrected chi connectivity index (χ2v) is 6.27. The maximum atomic E-state index is 12.1. The van der Waals surface area contributed by atoms with Crippen LogP contribution in [0.25, 0.3) is 6.08 Å². The molecule has 130 valence electrons. The van der Waals surface area contributed by atoms with Gasteiger partial charge in [0.25, 0.3) is 0 Å². The second-order valence-electron chi connectivity index (χ2n) is 5.35. The number of hydrogen-bond donors (Lipinski definition) is 1. The molecule has 0 atom stereocenters. The van der Waals surface area contributed by atoms with Gasteiger partial charge in [0.2, 0.25) is 12.7 Å². The summed E-state index contributed by atoms with van der Waals surface area (Å²) in [6, 6.07) is 11.3. The lowest BCUT2D eigenvalue weighted by molar-refractivity contribution is -0.116. The Hall–Kier alpha value is -2.47. The van der Waals surface area contributed by atoms with Crippen molar-refractivity contribution in [1.82, 2.24) is 5.32 Å². The zero-order chi connectivity index (χ0) is 17.6. The summed E-state index contributed by atoms with van der Waals surface area (Å²) < 4.78 is 17.1. The van der Waals surface area contributed by atoms with Crippen LogP contribution in [0.15, 0.2) is 46.9 Å². The van der Waals surface area contributed by atoms with Crippen molar-refractivity contribution in [3.63, 3.8) is 0 Å². The molecule has 0 bridgehead atoms. The van der Waals surface area contributed by atoms with Crippen LogP contribution in [-0.2, 0) is 11.3 Å². The van der Waals surface area contributed by atoms with Gasteiger partial charge in [0.1, 0.15) is 5.75 Å². The summed E-state index contributed by atoms with van der Waals surface area (Å²) in [5, 5.41) is 2.85. The Balaban J connectivity index is 1.61. The number of halogens is 1. The Morgan fingerprint density at radius 3 is 2.92 bits per heavy atom. The molecular weight excluding hydrogens is 386 g/mol. The molecule has 0 unspecified atom stereocenters. The van der Waals surface area contributed by atoms with Crippen LogP contribution in [0.1, 0.15) is 18.1 Å². The zero-order valence-corrected chi connectivity index (χ0v) is 15.3. The van der Waals surface area contributed by atoms with Crippen LogP contribution in [0.4, 0.5) is 0 Å². The minimum atomic E-state index is -0.180. The normalized spacial score (nSPS) is 12.4. The third-order valence-electron chi connectivity index (χ3n) is 3.59. The number of hydrogen-bond acceptors (Lipinski definition) is 4. The summed E-state index contributed by atoms with van der Waals surface area (Å²) in [7, 11) is 0. The zero-order valence-electron chi connectivity index (χ0n) is 13.8. The summed E-state index contributed by atoms with van der Waals surface area (Å²) in [5.74, 6) is 2.00. The smallest absolute Gasteiger partial charge is 0.244 e. The third kappa shape index (κ3) is 4.54. The van der Waals surface area contributed by atoms with Gasteiger partial charge in [0.15, 0.2) is 11.5 Å². The van der Waals surface area contributed by atoms with E-state index in [0.717, 1.165) is 27.1 Å². The fourth-order valence-electron chi connectivity index (χ4n) is 2.40. The van der Waals surface area contributed by atoms with Crippen molar-refractivity contribution < 1.29 is 19.0 Å². The first-order valence-corrected chi connectivity index (χ1v) is 8.72. The van der Waals surface area contributed by atoms with E-state index in [1.165, 1.54) is 6.08 Å². The lowest BCUT2D eigenvalue weighted by atomic mass is 10.2. The number of amides is 1. The highest BCUT2D eigenvalue weighted by molar-refractivity contribution is 9.10. The minimum Gasteiger partial charge on any atom is -0.493 e. The molecule has 0 radical (unpaired) electrons. The molecule has 0 aliphatic carbocycles. The number of carbonyl (C=O) groups excluding carboxylic acids is 1. The quantitative estimate of drug-likeness (QED) is 0.742. The average molecular weight is 404 g/mol. The Morgan fingerprint density at radius 2 is 2.08 bits per heavy atom. The van der Waals surface area contributed by atoms with Gasteiger partial charge in [-0.2, -0.15) is 0 Å². The molecule has 1 N–H and O–H groups in total. The molecule has 1 heterocycles. The summed E-state index contributed by atoms with van der Waals surface area (Å²) in [4.78, 5) is 12.1. The van der Waals surface area contributed by atoms with Gasteiger partial charge in [-0.15, -0.1) is 0 Å². The van der Waals surface area contributed by atoms with E-state index in [-0.39, 0.29) is 12.7 Å². The van der Waals surface area contributed by atoms with E-state index < -0.39 is 0 Å². The fraction of sp³-hybridized carbons (Fsp3) is 0.211. The lowest BCUT2D eigenvalue weighted by Gasteiger charge is -2.07. The van der Waals surface area contributed by atoms with Gasteiger partial charge < -0.3 is 19.5 Å². The van der Waals surface area contributed by atoms with Gasteiger partial charge >= 0.3 is 0 Å². The van der Waals surface area contributed by atoms with Crippen molar-refractivity contribution in [3.8, 4) is 17.2 Å². The molecule has 25 heavy (non-hydrogen) atoms. The van der Waals surface area contributed by atoms with Crippen molar-refractivity contribution in [3.05, 3.63) is 58.1 Å². The van der Waals surface area contributed by atoms with E-state index >= 15 is 0 Å². The number of ether oxygens (including phenoxy) is 3. The van der Waals surface area contributed by atoms with Gasteiger partial charge in [-0.05, 0) is 48.9 Å². The third-order valence-corrected chi connectivity index (χ3v) is 4.08. The highest BCUT2D eigenvalue weighted by Gasteiger charge is 2.13. The summed E-state index contributed by atoms with van der Waals surface area (Å²) in [5.41, 5.74) is 1.79. The van der Waals surface area contributed by atoms with Crippen LogP contribution < -0.4 is 19.5 Å². The molecule has 2 aromatic carbocycles. The van der Waals surface area contributed by atoms with E-state index in [0.29, 0.717) is 18.9 Å². The van der Waals surface area contributed by atoms with E-state index in [2.05, 4.69) is 21.2 Å². The average Bonchev–Trinajstić information content (AvgIpc) is 3.08. The highest BCUT2D eigenvalue weighted by Crippen LogP contribution is 2.32. The summed E-state index contributed by atoms with van der Waals surface area (Å²) >= 11 is 3.43. The molecule has 0 saturated carbocycles. The van der Waals surface area contributed by atoms with E-state index in [1.54, 1.807) is 6.08 Å². The molecule has 1 aliphatic heterocycles. The van der Waals surface area contributed by atoms with Gasteiger partial charge in [0.05, 0.1) is 6.61 Å². The number of fused-ring (bicyclic) bond motifs is 1. The van der Waals surface area contributed by atoms with Crippen LogP contribution in [0.5, 0.6) is 17.2 Å². The lowest BCUT2D eigenvalue weighted by Crippen LogP contribution is -2.20. The monoisotopic (exact) mass is 403 g/mol. The topological polar surface area (TPSA) is 56.8 Å². The molecule has 1 aliphatic rings. The van der Waals surface area contributed by atoms with Crippen LogP contribution in [0.2, 0.25) is 0 Å². The number of nitrogens with one attached hydrogen (secondary N) is 1. The Bertz CT molecular complexity index is 804. The van der Waals surface area contributed by atoms with Crippen LogP contribution >= 0.6 is 15.9 Å².